The molecule has 2 heterocycles. The van der Waals surface area contributed by atoms with E-state index in [4.69, 9.17) is 15.2 Å². The highest BCUT2D eigenvalue weighted by atomic mass is 32.2. The van der Waals surface area contributed by atoms with Gasteiger partial charge in [-0.15, -0.1) is 9.36 Å². The first kappa shape index (κ1) is 39.2. The maximum absolute atomic E-state index is 13.6. The number of fused-ring (bicyclic) bond motifs is 1. The summed E-state index contributed by atoms with van der Waals surface area (Å²) >= 11 is 0. The predicted octanol–water partition coefficient (Wildman–Crippen LogP) is 0.524. The van der Waals surface area contributed by atoms with Gasteiger partial charge < -0.3 is 31.2 Å². The molecule has 278 valence electrons. The van der Waals surface area contributed by atoms with Gasteiger partial charge in [0.1, 0.15) is 25.4 Å². The van der Waals surface area contributed by atoms with E-state index in [0.717, 1.165) is 62.8 Å². The van der Waals surface area contributed by atoms with Crippen molar-refractivity contribution in [3.05, 3.63) is 47.0 Å². The second-order valence-corrected chi connectivity index (χ2v) is 14.0. The minimum atomic E-state index is -4.24. The van der Waals surface area contributed by atoms with Gasteiger partial charge in [-0.3, -0.25) is 19.4 Å². The minimum absolute atomic E-state index is 0.0234. The molecule has 0 aliphatic carbocycles. The van der Waals surface area contributed by atoms with Crippen LogP contribution in [0.15, 0.2) is 40.2 Å². The summed E-state index contributed by atoms with van der Waals surface area (Å²) in [6, 6.07) is 6.93. The van der Waals surface area contributed by atoms with Gasteiger partial charge in [-0.25, -0.2) is 8.42 Å². The van der Waals surface area contributed by atoms with E-state index in [2.05, 4.69) is 30.9 Å². The highest BCUT2D eigenvalue weighted by molar-refractivity contribution is 7.89. The first-order valence-corrected chi connectivity index (χ1v) is 18.6. The summed E-state index contributed by atoms with van der Waals surface area (Å²) in [5.74, 6) is 0.0263. The lowest BCUT2D eigenvalue weighted by Crippen LogP contribution is -2.49. The molecule has 0 unspecified atom stereocenters. The van der Waals surface area contributed by atoms with Crippen molar-refractivity contribution in [2.75, 3.05) is 46.4 Å². The van der Waals surface area contributed by atoms with E-state index < -0.39 is 27.9 Å². The maximum atomic E-state index is 13.6. The van der Waals surface area contributed by atoms with Crippen molar-refractivity contribution in [3.63, 3.8) is 0 Å². The number of esters is 1. The number of aliphatic imine (C=N–C) groups is 1. The number of methoxy groups -OCH3 is 1. The summed E-state index contributed by atoms with van der Waals surface area (Å²) in [5, 5.41) is 13.3. The van der Waals surface area contributed by atoms with Crippen molar-refractivity contribution >= 4 is 44.7 Å². The lowest BCUT2D eigenvalue weighted by molar-refractivity contribution is -0.732. The molecule has 1 aliphatic heterocycles. The van der Waals surface area contributed by atoms with Crippen LogP contribution in [-0.4, -0.2) is 94.4 Å². The molecule has 1 atom stereocenters. The molecule has 17 heteroatoms. The quantitative estimate of drug-likeness (QED) is 0.0696. The number of amides is 2. The normalized spacial score (nSPS) is 13.7. The van der Waals surface area contributed by atoms with Crippen LogP contribution in [0.25, 0.3) is 11.0 Å². The summed E-state index contributed by atoms with van der Waals surface area (Å²) in [7, 11) is -1.31. The Morgan fingerprint density at radius 3 is 2.51 bits per heavy atom. The van der Waals surface area contributed by atoms with Gasteiger partial charge in [0.25, 0.3) is 5.91 Å². The van der Waals surface area contributed by atoms with E-state index in [0.29, 0.717) is 48.5 Å². The predicted molar refractivity (Wildman–Crippen MR) is 191 cm³/mol. The number of sulfonamides is 1. The van der Waals surface area contributed by atoms with Crippen molar-refractivity contribution in [1.82, 2.24) is 30.6 Å². The number of ether oxygens (including phenoxy) is 2. The average Bonchev–Trinajstić information content (AvgIpc) is 3.42. The lowest BCUT2D eigenvalue weighted by Gasteiger charge is -2.20. The fourth-order valence-corrected chi connectivity index (χ4v) is 7.51. The zero-order valence-corrected chi connectivity index (χ0v) is 30.6. The van der Waals surface area contributed by atoms with Crippen molar-refractivity contribution in [3.8, 4) is 5.75 Å². The molecule has 0 saturated heterocycles. The molecule has 0 radical (unpaired) electrons. The van der Waals surface area contributed by atoms with E-state index in [1.165, 1.54) is 0 Å². The zero-order chi connectivity index (χ0) is 37.0. The molecule has 0 spiro atoms. The number of rotatable bonds is 18. The Hall–Kier alpha value is -4.61. The third-order valence-electron chi connectivity index (χ3n) is 8.34. The second kappa shape index (κ2) is 18.6. The molecule has 0 bridgehead atoms. The number of carbonyl (C=O) groups is 3. The van der Waals surface area contributed by atoms with Crippen LogP contribution in [0.5, 0.6) is 5.75 Å². The highest BCUT2D eigenvalue weighted by Gasteiger charge is 2.30. The van der Waals surface area contributed by atoms with E-state index in [9.17, 15) is 22.8 Å². The van der Waals surface area contributed by atoms with Crippen molar-refractivity contribution in [2.45, 2.75) is 69.9 Å². The number of benzene rings is 2. The monoisotopic (exact) mass is 728 g/mol. The number of aryl methyl sites for hydroxylation is 4. The fraction of sp³-hybridized carbons (Fsp3) is 0.529. The van der Waals surface area contributed by atoms with Gasteiger partial charge in [0.2, 0.25) is 15.9 Å². The van der Waals surface area contributed by atoms with Crippen LogP contribution in [0.1, 0.15) is 60.0 Å². The number of nitrogens with two attached hydrogens (primary N) is 1. The van der Waals surface area contributed by atoms with Gasteiger partial charge in [0.05, 0.1) is 29.7 Å². The Balaban J connectivity index is 1.36. The molecule has 16 nitrogen and oxygen atoms in total. The number of nitrogens with one attached hydrogen (secondary N) is 4. The van der Waals surface area contributed by atoms with Crippen LogP contribution in [-0.2, 0) is 37.9 Å². The van der Waals surface area contributed by atoms with Crippen LogP contribution < -0.4 is 35.8 Å². The SMILES string of the molecule is COC(=O)[C@H](CNC(=O)c1ccc2c(c1)n(C)n[n+]2CCCNC1=NCCCC1)NS(=O)(=O)c1c(C)cc(OCCCC(=O)NCCN)cc1C. The molecule has 51 heavy (non-hydrogen) atoms. The number of carbonyl (C=O) groups excluding carboxylic acids is 3. The Kier molecular flexibility index (Phi) is 14.3. The fourth-order valence-electron chi connectivity index (χ4n) is 5.87. The number of hydrogen-bond acceptors (Lipinski definition) is 11. The molecule has 6 N–H and O–H groups in total. The smallest absolute Gasteiger partial charge is 0.325 e. The van der Waals surface area contributed by atoms with Crippen LogP contribution in [0, 0.1) is 13.8 Å². The number of amidine groups is 1. The van der Waals surface area contributed by atoms with Crippen LogP contribution in [0.2, 0.25) is 0 Å². The largest absolute Gasteiger partial charge is 0.494 e. The standard InChI is InChI=1S/C34H49N9O7S/c1-23-19-26(50-18-7-10-31(44)38-16-13-35)20-24(2)32(23)51(47,48)40-27(34(46)49-4)22-39-33(45)25-11-12-28-29(21-25)42(3)41-43(28)17-8-15-37-30-9-5-6-14-36-30/h11-12,19-21,27,40H,5-10,13-18,22,35H2,1-4H3,(H2-,36,37,38,39,44,45)/p+1/t27-/m0/s1. The Labute approximate surface area is 298 Å². The van der Waals surface area contributed by atoms with Gasteiger partial charge in [0.15, 0.2) is 11.0 Å². The van der Waals surface area contributed by atoms with Crippen molar-refractivity contribution in [2.24, 2.45) is 17.8 Å². The van der Waals surface area contributed by atoms with E-state index >= 15 is 0 Å². The molecule has 0 fully saturated rings. The van der Waals surface area contributed by atoms with Gasteiger partial charge in [0, 0.05) is 63.6 Å². The van der Waals surface area contributed by atoms with Gasteiger partial charge in [-0.1, -0.05) is 0 Å². The third kappa shape index (κ3) is 10.9. The Morgan fingerprint density at radius 1 is 1.06 bits per heavy atom. The van der Waals surface area contributed by atoms with Gasteiger partial charge in [-0.05, 0) is 68.5 Å². The molecule has 2 amide bonds. The topological polar surface area (TPSA) is 212 Å². The summed E-state index contributed by atoms with van der Waals surface area (Å²) in [4.78, 5) is 42.2. The third-order valence-corrected chi connectivity index (χ3v) is 10.1. The summed E-state index contributed by atoms with van der Waals surface area (Å²) < 4.78 is 43.7. The zero-order valence-electron chi connectivity index (χ0n) is 29.8. The first-order valence-electron chi connectivity index (χ1n) is 17.2. The van der Waals surface area contributed by atoms with Crippen molar-refractivity contribution < 1.29 is 37.0 Å². The first-order chi connectivity index (χ1) is 24.4. The molecule has 4 rings (SSSR count). The van der Waals surface area contributed by atoms with E-state index in [-0.39, 0.29) is 30.4 Å². The van der Waals surface area contributed by atoms with Crippen LogP contribution in [0.3, 0.4) is 0 Å². The van der Waals surface area contributed by atoms with Crippen LogP contribution >= 0.6 is 0 Å². The van der Waals surface area contributed by atoms with Crippen molar-refractivity contribution in [1.29, 1.82) is 0 Å². The molecular weight excluding hydrogens is 678 g/mol. The molecule has 0 saturated carbocycles. The maximum Gasteiger partial charge on any atom is 0.325 e. The Bertz CT molecular complexity index is 1820. The molecule has 2 aromatic carbocycles. The molecular formula is C34H50N9O7S+. The summed E-state index contributed by atoms with van der Waals surface area (Å²) in [6.07, 6.45) is 4.87. The number of hydrogen-bond donors (Lipinski definition) is 5. The van der Waals surface area contributed by atoms with Crippen LogP contribution in [0.4, 0.5) is 0 Å². The molecule has 1 aromatic heterocycles. The van der Waals surface area contributed by atoms with E-state index in [1.807, 2.05) is 10.7 Å². The molecule has 3 aromatic rings. The summed E-state index contributed by atoms with van der Waals surface area (Å²) in [6.45, 7) is 6.24. The lowest BCUT2D eigenvalue weighted by atomic mass is 10.1. The second-order valence-electron chi connectivity index (χ2n) is 12.4. The van der Waals surface area contributed by atoms with Gasteiger partial charge in [-0.2, -0.15) is 4.72 Å². The number of aromatic nitrogens is 3. The highest BCUT2D eigenvalue weighted by Crippen LogP contribution is 2.26. The van der Waals surface area contributed by atoms with Gasteiger partial charge >= 0.3 is 5.97 Å². The minimum Gasteiger partial charge on any atom is -0.494 e. The Morgan fingerprint density at radius 2 is 1.82 bits per heavy atom. The average molecular weight is 729 g/mol. The number of nitrogens with zero attached hydrogens (tertiary/aromatic N) is 4. The van der Waals surface area contributed by atoms with E-state index in [1.54, 1.807) is 49.8 Å². The summed E-state index contributed by atoms with van der Waals surface area (Å²) in [5.41, 5.74) is 8.09. The molecule has 1 aliphatic rings.